The molecule has 0 aliphatic carbocycles. The average molecular weight is 273 g/mol. The summed E-state index contributed by atoms with van der Waals surface area (Å²) in [6.45, 7) is 3.24. The van der Waals surface area contributed by atoms with Gasteiger partial charge in [0.1, 0.15) is 6.17 Å². The van der Waals surface area contributed by atoms with Gasteiger partial charge in [0.15, 0.2) is 0 Å². The SMILES string of the molecule is CCCCCCc1ccc(C2N=C(N)CCN2C)cc1. The third kappa shape index (κ3) is 4.07. The molecule has 110 valence electrons. The Morgan fingerprint density at radius 3 is 2.65 bits per heavy atom. The highest BCUT2D eigenvalue weighted by Crippen LogP contribution is 2.24. The summed E-state index contributed by atoms with van der Waals surface area (Å²) < 4.78 is 0. The molecule has 0 bridgehead atoms. The van der Waals surface area contributed by atoms with E-state index in [-0.39, 0.29) is 6.17 Å². The summed E-state index contributed by atoms with van der Waals surface area (Å²) >= 11 is 0. The third-order valence-electron chi connectivity index (χ3n) is 4.02. The summed E-state index contributed by atoms with van der Waals surface area (Å²) in [5, 5.41) is 0. The first-order chi connectivity index (χ1) is 9.70. The summed E-state index contributed by atoms with van der Waals surface area (Å²) in [5.41, 5.74) is 8.55. The van der Waals surface area contributed by atoms with Crippen molar-refractivity contribution in [3.05, 3.63) is 35.4 Å². The molecule has 1 aromatic carbocycles. The van der Waals surface area contributed by atoms with Gasteiger partial charge in [0.05, 0.1) is 5.84 Å². The zero-order valence-corrected chi connectivity index (χ0v) is 12.8. The third-order valence-corrected chi connectivity index (χ3v) is 4.02. The quantitative estimate of drug-likeness (QED) is 0.806. The van der Waals surface area contributed by atoms with Crippen molar-refractivity contribution in [2.24, 2.45) is 10.7 Å². The molecule has 2 rings (SSSR count). The van der Waals surface area contributed by atoms with Crippen LogP contribution >= 0.6 is 0 Å². The zero-order chi connectivity index (χ0) is 14.4. The minimum absolute atomic E-state index is 0.0953. The van der Waals surface area contributed by atoms with E-state index in [0.29, 0.717) is 0 Å². The van der Waals surface area contributed by atoms with E-state index in [1.54, 1.807) is 0 Å². The lowest BCUT2D eigenvalue weighted by Crippen LogP contribution is -2.34. The Morgan fingerprint density at radius 2 is 1.95 bits per heavy atom. The first-order valence-electron chi connectivity index (χ1n) is 7.82. The van der Waals surface area contributed by atoms with Crippen LogP contribution in [0.3, 0.4) is 0 Å². The van der Waals surface area contributed by atoms with Gasteiger partial charge in [-0.15, -0.1) is 0 Å². The Labute approximate surface area is 122 Å². The summed E-state index contributed by atoms with van der Waals surface area (Å²) in [4.78, 5) is 6.83. The molecule has 1 atom stereocenters. The summed E-state index contributed by atoms with van der Waals surface area (Å²) in [5.74, 6) is 0.775. The normalized spacial score (nSPS) is 19.9. The minimum Gasteiger partial charge on any atom is -0.387 e. The van der Waals surface area contributed by atoms with Gasteiger partial charge in [-0.3, -0.25) is 4.90 Å². The average Bonchev–Trinajstić information content (AvgIpc) is 2.47. The largest absolute Gasteiger partial charge is 0.387 e. The number of aliphatic imine (C=N–C) groups is 1. The lowest BCUT2D eigenvalue weighted by molar-refractivity contribution is 0.246. The van der Waals surface area contributed by atoms with Crippen LogP contribution in [0.5, 0.6) is 0 Å². The van der Waals surface area contributed by atoms with Gasteiger partial charge in [0.25, 0.3) is 0 Å². The monoisotopic (exact) mass is 273 g/mol. The molecule has 0 amide bonds. The number of rotatable bonds is 6. The highest BCUT2D eigenvalue weighted by Gasteiger charge is 2.20. The molecule has 3 heteroatoms. The van der Waals surface area contributed by atoms with Crippen LogP contribution in [-0.2, 0) is 6.42 Å². The van der Waals surface area contributed by atoms with Crippen LogP contribution in [-0.4, -0.2) is 24.3 Å². The molecule has 0 saturated carbocycles. The van der Waals surface area contributed by atoms with Crippen LogP contribution in [0.25, 0.3) is 0 Å². The first kappa shape index (κ1) is 15.0. The van der Waals surface area contributed by atoms with Gasteiger partial charge in [0.2, 0.25) is 0 Å². The number of amidine groups is 1. The number of hydrogen-bond donors (Lipinski definition) is 1. The number of nitrogens with two attached hydrogens (primary N) is 1. The zero-order valence-electron chi connectivity index (χ0n) is 12.8. The molecule has 1 unspecified atom stereocenters. The molecule has 0 spiro atoms. The van der Waals surface area contributed by atoms with Crippen molar-refractivity contribution in [1.29, 1.82) is 0 Å². The Hall–Kier alpha value is -1.35. The van der Waals surface area contributed by atoms with E-state index >= 15 is 0 Å². The van der Waals surface area contributed by atoms with Crippen molar-refractivity contribution in [1.82, 2.24) is 4.90 Å². The van der Waals surface area contributed by atoms with Crippen LogP contribution in [0.2, 0.25) is 0 Å². The van der Waals surface area contributed by atoms with E-state index < -0.39 is 0 Å². The van der Waals surface area contributed by atoms with E-state index in [2.05, 4.69) is 48.1 Å². The van der Waals surface area contributed by atoms with E-state index in [9.17, 15) is 0 Å². The number of unbranched alkanes of at least 4 members (excludes halogenated alkanes) is 3. The van der Waals surface area contributed by atoms with E-state index in [1.807, 2.05) is 0 Å². The minimum atomic E-state index is 0.0953. The van der Waals surface area contributed by atoms with Gasteiger partial charge >= 0.3 is 0 Å². The van der Waals surface area contributed by atoms with E-state index in [0.717, 1.165) is 18.8 Å². The maximum absolute atomic E-state index is 5.87. The predicted molar refractivity (Wildman–Crippen MR) is 85.9 cm³/mol. The van der Waals surface area contributed by atoms with Gasteiger partial charge < -0.3 is 5.73 Å². The Bertz CT molecular complexity index is 436. The molecule has 0 fully saturated rings. The molecule has 0 saturated heterocycles. The number of benzene rings is 1. The van der Waals surface area contributed by atoms with Crippen molar-refractivity contribution in [3.8, 4) is 0 Å². The van der Waals surface area contributed by atoms with Crippen LogP contribution in [0.4, 0.5) is 0 Å². The van der Waals surface area contributed by atoms with E-state index in [1.165, 1.54) is 43.2 Å². The molecule has 20 heavy (non-hydrogen) atoms. The number of aryl methyl sites for hydroxylation is 1. The fourth-order valence-electron chi connectivity index (χ4n) is 2.67. The molecule has 0 radical (unpaired) electrons. The first-order valence-corrected chi connectivity index (χ1v) is 7.82. The molecule has 1 heterocycles. The maximum Gasteiger partial charge on any atom is 0.129 e. The molecule has 1 aliphatic heterocycles. The van der Waals surface area contributed by atoms with Crippen molar-refractivity contribution in [2.75, 3.05) is 13.6 Å². The number of nitrogens with zero attached hydrogens (tertiary/aromatic N) is 2. The standard InChI is InChI=1S/C17H27N3/c1-3-4-5-6-7-14-8-10-15(11-9-14)17-19-16(18)12-13-20(17)2/h8-11,17H,3-7,12-13H2,1-2H3,(H2,18,19). The Balaban J connectivity index is 1.95. The van der Waals surface area contributed by atoms with Gasteiger partial charge in [0, 0.05) is 13.0 Å². The highest BCUT2D eigenvalue weighted by atomic mass is 15.2. The predicted octanol–water partition coefficient (Wildman–Crippen LogP) is 3.50. The van der Waals surface area contributed by atoms with Crippen LogP contribution in [0.1, 0.15) is 56.3 Å². The van der Waals surface area contributed by atoms with Gasteiger partial charge in [-0.1, -0.05) is 50.5 Å². The molecule has 0 aromatic heterocycles. The second kappa shape index (κ2) is 7.44. The molecule has 3 nitrogen and oxygen atoms in total. The van der Waals surface area contributed by atoms with Gasteiger partial charge in [-0.2, -0.15) is 0 Å². The molecule has 1 aromatic rings. The second-order valence-corrected chi connectivity index (χ2v) is 5.78. The van der Waals surface area contributed by atoms with Gasteiger partial charge in [-0.25, -0.2) is 4.99 Å². The fraction of sp³-hybridized carbons (Fsp3) is 0.588. The molecular weight excluding hydrogens is 246 g/mol. The lowest BCUT2D eigenvalue weighted by atomic mass is 10.0. The van der Waals surface area contributed by atoms with Crippen molar-refractivity contribution >= 4 is 5.84 Å². The van der Waals surface area contributed by atoms with Crippen molar-refractivity contribution in [2.45, 2.75) is 51.6 Å². The second-order valence-electron chi connectivity index (χ2n) is 5.78. The smallest absolute Gasteiger partial charge is 0.129 e. The van der Waals surface area contributed by atoms with Crippen LogP contribution in [0.15, 0.2) is 29.3 Å². The fourth-order valence-corrected chi connectivity index (χ4v) is 2.67. The van der Waals surface area contributed by atoms with Crippen LogP contribution in [0, 0.1) is 0 Å². The van der Waals surface area contributed by atoms with Crippen molar-refractivity contribution < 1.29 is 0 Å². The summed E-state index contributed by atoms with van der Waals surface area (Å²) in [6, 6.07) is 8.90. The lowest BCUT2D eigenvalue weighted by Gasteiger charge is -2.29. The Kier molecular flexibility index (Phi) is 5.60. The summed E-state index contributed by atoms with van der Waals surface area (Å²) in [7, 11) is 2.11. The van der Waals surface area contributed by atoms with Crippen molar-refractivity contribution in [3.63, 3.8) is 0 Å². The van der Waals surface area contributed by atoms with Gasteiger partial charge in [-0.05, 0) is 31.0 Å². The molecule has 1 aliphatic rings. The summed E-state index contributed by atoms with van der Waals surface area (Å²) in [6.07, 6.45) is 7.43. The number of hydrogen-bond acceptors (Lipinski definition) is 3. The highest BCUT2D eigenvalue weighted by molar-refractivity contribution is 5.81. The maximum atomic E-state index is 5.87. The topological polar surface area (TPSA) is 41.6 Å². The van der Waals surface area contributed by atoms with Crippen LogP contribution < -0.4 is 5.73 Å². The molecular formula is C17H27N3. The molecule has 2 N–H and O–H groups in total. The van der Waals surface area contributed by atoms with E-state index in [4.69, 9.17) is 5.73 Å². The Morgan fingerprint density at radius 1 is 1.20 bits per heavy atom.